The van der Waals surface area contributed by atoms with Crippen molar-refractivity contribution in [2.24, 2.45) is 0 Å². The summed E-state index contributed by atoms with van der Waals surface area (Å²) in [6, 6.07) is -0.712. The Morgan fingerprint density at radius 2 is 0.879 bits per heavy atom. The third-order valence-corrected chi connectivity index (χ3v) is 13.1. The molecule has 0 aromatic heterocycles. The van der Waals surface area contributed by atoms with Gasteiger partial charge in [0.1, 0.15) is 19.8 Å². The van der Waals surface area contributed by atoms with Gasteiger partial charge in [0.05, 0.1) is 36.7 Å². The van der Waals surface area contributed by atoms with E-state index in [0.717, 1.165) is 38.5 Å². The SMILES string of the molecule is CCCCCCCCCCCCCCCCCCNC(=O)OCC(COC(=O)CCC(=O)OCC(C)(CC)OCCC(C)(C)OC)NC(=O)CCCCCCCCCCCCCCCCC. The number of ether oxygens (including phenoxy) is 5. The molecule has 2 atom stereocenters. The van der Waals surface area contributed by atoms with Crippen LogP contribution in [0.15, 0.2) is 0 Å². The maximum atomic E-state index is 13.0. The van der Waals surface area contributed by atoms with E-state index in [4.69, 9.17) is 23.7 Å². The van der Waals surface area contributed by atoms with Crippen molar-refractivity contribution in [2.45, 2.75) is 290 Å². The molecule has 390 valence electrons. The zero-order chi connectivity index (χ0) is 48.8. The normalized spacial score (nSPS) is 13.0. The smallest absolute Gasteiger partial charge is 0.407 e. The fourth-order valence-electron chi connectivity index (χ4n) is 7.85. The molecule has 0 fully saturated rings. The maximum absolute atomic E-state index is 13.0. The molecule has 2 amide bonds. The fraction of sp³-hybridized carbons (Fsp3) is 0.927. The number of nitrogens with one attached hydrogen (secondary N) is 2. The summed E-state index contributed by atoms with van der Waals surface area (Å²) in [5.74, 6) is -1.29. The number of unbranched alkanes of at least 4 members (excludes halogenated alkanes) is 29. The average Bonchev–Trinajstić information content (AvgIpc) is 3.30. The van der Waals surface area contributed by atoms with Crippen LogP contribution in [0.5, 0.6) is 0 Å². The minimum atomic E-state index is -0.712. The number of hydrogen-bond donors (Lipinski definition) is 2. The Hall–Kier alpha value is -2.40. The van der Waals surface area contributed by atoms with Crippen LogP contribution in [0.25, 0.3) is 0 Å². The maximum Gasteiger partial charge on any atom is 0.407 e. The number of rotatable bonds is 49. The van der Waals surface area contributed by atoms with Crippen LogP contribution in [0.2, 0.25) is 0 Å². The Labute approximate surface area is 406 Å². The Morgan fingerprint density at radius 1 is 0.485 bits per heavy atom. The van der Waals surface area contributed by atoms with Crippen molar-refractivity contribution in [2.75, 3.05) is 40.1 Å². The van der Waals surface area contributed by atoms with Gasteiger partial charge in [-0.1, -0.05) is 207 Å². The minimum Gasteiger partial charge on any atom is -0.463 e. The third-order valence-electron chi connectivity index (χ3n) is 13.1. The van der Waals surface area contributed by atoms with Gasteiger partial charge in [-0.3, -0.25) is 14.4 Å². The molecule has 2 N–H and O–H groups in total. The van der Waals surface area contributed by atoms with Crippen molar-refractivity contribution in [3.63, 3.8) is 0 Å². The van der Waals surface area contributed by atoms with Crippen molar-refractivity contribution in [3.05, 3.63) is 0 Å². The molecule has 0 radical (unpaired) electrons. The van der Waals surface area contributed by atoms with E-state index in [1.54, 1.807) is 7.11 Å². The molecule has 0 aromatic carbocycles. The summed E-state index contributed by atoms with van der Waals surface area (Å²) in [5, 5.41) is 5.73. The first-order valence-electron chi connectivity index (χ1n) is 27.6. The number of esters is 2. The van der Waals surface area contributed by atoms with Crippen LogP contribution >= 0.6 is 0 Å². The van der Waals surface area contributed by atoms with Crippen molar-refractivity contribution in [1.29, 1.82) is 0 Å². The van der Waals surface area contributed by atoms with Gasteiger partial charge in [-0.25, -0.2) is 4.79 Å². The Morgan fingerprint density at radius 3 is 1.30 bits per heavy atom. The van der Waals surface area contributed by atoms with Gasteiger partial charge < -0.3 is 34.3 Å². The molecule has 0 heterocycles. The molecule has 0 bridgehead atoms. The van der Waals surface area contributed by atoms with E-state index >= 15 is 0 Å². The van der Waals surface area contributed by atoms with Gasteiger partial charge in [0.25, 0.3) is 0 Å². The van der Waals surface area contributed by atoms with E-state index in [-0.39, 0.29) is 44.2 Å². The van der Waals surface area contributed by atoms with Crippen molar-refractivity contribution in [3.8, 4) is 0 Å². The van der Waals surface area contributed by atoms with Crippen LogP contribution in [-0.4, -0.2) is 81.3 Å². The summed E-state index contributed by atoms with van der Waals surface area (Å²) >= 11 is 0. The summed E-state index contributed by atoms with van der Waals surface area (Å²) in [7, 11) is 1.67. The van der Waals surface area contributed by atoms with E-state index < -0.39 is 29.7 Å². The lowest BCUT2D eigenvalue weighted by atomic mass is 10.0. The molecule has 2 unspecified atom stereocenters. The van der Waals surface area contributed by atoms with Crippen molar-refractivity contribution in [1.82, 2.24) is 10.6 Å². The first-order valence-corrected chi connectivity index (χ1v) is 27.6. The summed E-state index contributed by atoms with van der Waals surface area (Å²) in [5.41, 5.74) is -0.974. The predicted octanol–water partition coefficient (Wildman–Crippen LogP) is 14.6. The molecule has 0 aliphatic rings. The molecule has 11 heteroatoms. The number of alkyl carbamates (subject to hydrolysis) is 1. The molecular formula is C55H106N2O9. The van der Waals surface area contributed by atoms with Crippen LogP contribution in [0.3, 0.4) is 0 Å². The first-order chi connectivity index (χ1) is 31.9. The number of amides is 2. The van der Waals surface area contributed by atoms with Gasteiger partial charge in [-0.05, 0) is 46.5 Å². The van der Waals surface area contributed by atoms with E-state index in [1.807, 2.05) is 27.7 Å². The zero-order valence-electron chi connectivity index (χ0n) is 44.2. The molecule has 0 saturated carbocycles. The number of hydrogen-bond acceptors (Lipinski definition) is 9. The summed E-state index contributed by atoms with van der Waals surface area (Å²) < 4.78 is 27.9. The molecule has 0 spiro atoms. The lowest BCUT2D eigenvalue weighted by molar-refractivity contribution is -0.159. The summed E-state index contributed by atoms with van der Waals surface area (Å²) in [6.07, 6.45) is 40.2. The zero-order valence-corrected chi connectivity index (χ0v) is 44.2. The van der Waals surface area contributed by atoms with Crippen LogP contribution in [0.4, 0.5) is 4.79 Å². The second kappa shape index (κ2) is 45.1. The quantitative estimate of drug-likeness (QED) is 0.0347. The fourth-order valence-corrected chi connectivity index (χ4v) is 7.85. The Kier molecular flexibility index (Phi) is 43.4. The second-order valence-electron chi connectivity index (χ2n) is 20.0. The molecule has 0 aromatic rings. The molecular weight excluding hydrogens is 833 g/mol. The molecule has 0 saturated heterocycles. The van der Waals surface area contributed by atoms with Crippen LogP contribution in [0.1, 0.15) is 273 Å². The van der Waals surface area contributed by atoms with Gasteiger partial charge in [-0.15, -0.1) is 0 Å². The van der Waals surface area contributed by atoms with Gasteiger partial charge in [0.15, 0.2) is 0 Å². The van der Waals surface area contributed by atoms with Gasteiger partial charge in [-0.2, -0.15) is 0 Å². The highest BCUT2D eigenvalue weighted by atomic mass is 16.6. The highest BCUT2D eigenvalue weighted by Crippen LogP contribution is 2.21. The van der Waals surface area contributed by atoms with E-state index in [1.165, 1.54) is 161 Å². The van der Waals surface area contributed by atoms with E-state index in [9.17, 15) is 19.2 Å². The minimum absolute atomic E-state index is 0.0666. The lowest BCUT2D eigenvalue weighted by Crippen LogP contribution is -2.43. The van der Waals surface area contributed by atoms with E-state index in [0.29, 0.717) is 32.4 Å². The monoisotopic (exact) mass is 939 g/mol. The first kappa shape index (κ1) is 63.6. The largest absolute Gasteiger partial charge is 0.463 e. The molecule has 11 nitrogen and oxygen atoms in total. The van der Waals surface area contributed by atoms with Crippen molar-refractivity contribution >= 4 is 23.9 Å². The number of methoxy groups -OCH3 is 1. The van der Waals surface area contributed by atoms with Gasteiger partial charge in [0, 0.05) is 20.1 Å². The molecule has 66 heavy (non-hydrogen) atoms. The Bertz CT molecular complexity index is 1150. The molecule has 0 aliphatic carbocycles. The Balaban J connectivity index is 4.60. The van der Waals surface area contributed by atoms with Crippen LogP contribution < -0.4 is 10.6 Å². The van der Waals surface area contributed by atoms with E-state index in [2.05, 4.69) is 24.5 Å². The predicted molar refractivity (Wildman–Crippen MR) is 272 cm³/mol. The highest BCUT2D eigenvalue weighted by Gasteiger charge is 2.27. The third kappa shape index (κ3) is 42.9. The van der Waals surface area contributed by atoms with Crippen LogP contribution in [-0.2, 0) is 38.1 Å². The lowest BCUT2D eigenvalue weighted by Gasteiger charge is -2.30. The summed E-state index contributed by atoms with van der Waals surface area (Å²) in [6.45, 7) is 13.1. The average molecular weight is 939 g/mol. The number of carbonyl (C=O) groups is 4. The van der Waals surface area contributed by atoms with Gasteiger partial charge in [0.2, 0.25) is 5.91 Å². The standard InChI is InChI=1S/C55H106N2O9/c1-8-11-13-15-17-19-21-23-25-27-29-31-33-35-37-39-44-56-53(61)64-47-49(57-50(58)40-38-36-34-32-30-28-26-24-22-20-18-16-14-12-9-2)46-63-51(59)41-42-52(60)65-48-55(6,10-3)66-45-43-54(4,5)62-7/h49H,8-48H2,1-7H3,(H,56,61)(H,57,58). The van der Waals surface area contributed by atoms with Crippen LogP contribution in [0, 0.1) is 0 Å². The van der Waals surface area contributed by atoms with Gasteiger partial charge >= 0.3 is 18.0 Å². The summed E-state index contributed by atoms with van der Waals surface area (Å²) in [4.78, 5) is 50.8. The second-order valence-corrected chi connectivity index (χ2v) is 20.0. The molecule has 0 rings (SSSR count). The number of carbonyl (C=O) groups excluding carboxylic acids is 4. The highest BCUT2D eigenvalue weighted by molar-refractivity contribution is 5.78. The topological polar surface area (TPSA) is 138 Å². The van der Waals surface area contributed by atoms with Crippen molar-refractivity contribution < 1.29 is 42.9 Å². The molecule has 0 aliphatic heterocycles.